The Bertz CT molecular complexity index is 1090. The molecule has 332 valence electrons. The lowest BCUT2D eigenvalue weighted by Gasteiger charge is -2.24. The van der Waals surface area contributed by atoms with Crippen molar-refractivity contribution >= 4 is 13.8 Å². The second-order valence-electron chi connectivity index (χ2n) is 16.4. The van der Waals surface area contributed by atoms with E-state index in [4.69, 9.17) is 18.5 Å². The normalized spacial score (nSPS) is 14.3. The highest BCUT2D eigenvalue weighted by molar-refractivity contribution is 7.47. The van der Waals surface area contributed by atoms with Crippen LogP contribution in [0.1, 0.15) is 181 Å². The molecule has 9 heteroatoms. The van der Waals surface area contributed by atoms with Crippen LogP contribution in [0, 0.1) is 0 Å². The molecule has 0 rings (SSSR count). The largest absolute Gasteiger partial charge is 0.472 e. The van der Waals surface area contributed by atoms with Crippen LogP contribution in [0.3, 0.4) is 0 Å². The van der Waals surface area contributed by atoms with Crippen molar-refractivity contribution in [2.24, 2.45) is 0 Å². The Balaban J connectivity index is 4.15. The summed E-state index contributed by atoms with van der Waals surface area (Å²) < 4.78 is 35.0. The number of hydrogen-bond donors (Lipinski definition) is 1. The first kappa shape index (κ1) is 55.2. The Kier molecular flexibility index (Phi) is 39.7. The van der Waals surface area contributed by atoms with Crippen LogP contribution >= 0.6 is 7.82 Å². The van der Waals surface area contributed by atoms with Crippen LogP contribution in [0.4, 0.5) is 0 Å². The lowest BCUT2D eigenvalue weighted by molar-refractivity contribution is -0.870. The first-order valence-electron chi connectivity index (χ1n) is 23.0. The highest BCUT2D eigenvalue weighted by Crippen LogP contribution is 2.43. The van der Waals surface area contributed by atoms with Gasteiger partial charge in [-0.1, -0.05) is 177 Å². The van der Waals surface area contributed by atoms with E-state index in [2.05, 4.69) is 74.6 Å². The molecule has 0 saturated heterocycles. The molecule has 2 atom stereocenters. The summed E-state index contributed by atoms with van der Waals surface area (Å²) in [7, 11) is 1.66. The number of rotatable bonds is 42. The van der Waals surface area contributed by atoms with Gasteiger partial charge >= 0.3 is 13.8 Å². The predicted octanol–water partition coefficient (Wildman–Crippen LogP) is 13.7. The minimum Gasteiger partial charge on any atom is -0.457 e. The SMILES string of the molecule is CC/C=C\C/C=C\C/C=C\C/C=C\C/C=C\CCCCCCCCCCOCC(COP(=O)(O)OCC[N+](C)(C)C)OC(=O)CCCCCCCCCCCCC. The molecule has 0 spiro atoms. The van der Waals surface area contributed by atoms with E-state index in [0.29, 0.717) is 24.1 Å². The third-order valence-corrected chi connectivity index (χ3v) is 10.6. The molecule has 57 heavy (non-hydrogen) atoms. The van der Waals surface area contributed by atoms with Gasteiger partial charge in [-0.2, -0.15) is 0 Å². The molecule has 0 aliphatic heterocycles. The summed E-state index contributed by atoms with van der Waals surface area (Å²) in [5, 5.41) is 0. The second-order valence-corrected chi connectivity index (χ2v) is 17.9. The van der Waals surface area contributed by atoms with E-state index < -0.39 is 13.9 Å². The van der Waals surface area contributed by atoms with Gasteiger partial charge in [-0.3, -0.25) is 13.8 Å². The summed E-state index contributed by atoms with van der Waals surface area (Å²) in [6.45, 7) is 5.48. The molecular formula is C48H89NO7P+. The molecule has 0 bridgehead atoms. The fourth-order valence-electron chi connectivity index (χ4n) is 6.05. The molecule has 0 aromatic carbocycles. The van der Waals surface area contributed by atoms with Crippen molar-refractivity contribution in [1.29, 1.82) is 0 Å². The molecule has 0 heterocycles. The Morgan fingerprint density at radius 1 is 0.561 bits per heavy atom. The number of carbonyl (C=O) groups excluding carboxylic acids is 1. The Morgan fingerprint density at radius 2 is 1.02 bits per heavy atom. The maximum absolute atomic E-state index is 12.7. The molecule has 2 unspecified atom stereocenters. The summed E-state index contributed by atoms with van der Waals surface area (Å²) in [5.41, 5.74) is 0. The van der Waals surface area contributed by atoms with Crippen molar-refractivity contribution in [3.63, 3.8) is 0 Å². The standard InChI is InChI=1S/C48H88NO7P/c1-6-8-10-12-14-16-18-19-20-21-22-23-24-25-26-27-28-29-30-32-34-36-38-40-43-53-45-47(46-55-57(51,52)54-44-42-49(3,4)5)56-48(50)41-39-37-35-33-31-17-15-13-11-9-7-2/h8,10,14,16,19-20,22-23,25-26,47H,6-7,9,11-13,15,17-18,21,24,27-46H2,1-5H3/p+1/b10-8-,16-14-,20-19-,23-22-,26-25-. The molecule has 0 radical (unpaired) electrons. The van der Waals surface area contributed by atoms with Crippen molar-refractivity contribution in [1.82, 2.24) is 0 Å². The molecular weight excluding hydrogens is 734 g/mol. The van der Waals surface area contributed by atoms with Crippen molar-refractivity contribution in [3.8, 4) is 0 Å². The van der Waals surface area contributed by atoms with Crippen molar-refractivity contribution in [2.45, 2.75) is 187 Å². The average molecular weight is 823 g/mol. The molecule has 0 aromatic heterocycles. The molecule has 0 aliphatic carbocycles. The van der Waals surface area contributed by atoms with E-state index in [1.165, 1.54) is 89.9 Å². The maximum Gasteiger partial charge on any atom is 0.472 e. The third kappa shape index (κ3) is 45.1. The van der Waals surface area contributed by atoms with Crippen LogP contribution in [0.5, 0.6) is 0 Å². The highest BCUT2D eigenvalue weighted by atomic mass is 31.2. The van der Waals surface area contributed by atoms with E-state index in [0.717, 1.165) is 70.6 Å². The van der Waals surface area contributed by atoms with E-state index in [9.17, 15) is 14.3 Å². The van der Waals surface area contributed by atoms with Gasteiger partial charge in [-0.25, -0.2) is 4.57 Å². The van der Waals surface area contributed by atoms with E-state index in [1.54, 1.807) is 0 Å². The first-order chi connectivity index (χ1) is 27.6. The van der Waals surface area contributed by atoms with Gasteiger partial charge in [0.15, 0.2) is 0 Å². The quantitative estimate of drug-likeness (QED) is 0.0215. The van der Waals surface area contributed by atoms with E-state index in [-0.39, 0.29) is 25.8 Å². The topological polar surface area (TPSA) is 91.3 Å². The molecule has 0 aromatic rings. The first-order valence-corrected chi connectivity index (χ1v) is 24.5. The number of esters is 1. The summed E-state index contributed by atoms with van der Waals surface area (Å²) in [6, 6.07) is 0. The predicted molar refractivity (Wildman–Crippen MR) is 242 cm³/mol. The van der Waals surface area contributed by atoms with Crippen molar-refractivity contribution in [2.75, 3.05) is 54.1 Å². The number of likely N-dealkylation sites (N-methyl/N-ethyl adjacent to an activating group) is 1. The average Bonchev–Trinajstić information content (AvgIpc) is 3.16. The lowest BCUT2D eigenvalue weighted by atomic mass is 10.1. The number of unbranched alkanes of at least 4 members (excludes halogenated alkanes) is 18. The van der Waals surface area contributed by atoms with Gasteiger partial charge in [0.25, 0.3) is 0 Å². The lowest BCUT2D eigenvalue weighted by Crippen LogP contribution is -2.37. The molecule has 0 aliphatic rings. The molecule has 0 amide bonds. The number of allylic oxidation sites excluding steroid dienone is 10. The Labute approximate surface area is 351 Å². The monoisotopic (exact) mass is 823 g/mol. The highest BCUT2D eigenvalue weighted by Gasteiger charge is 2.26. The van der Waals surface area contributed by atoms with Gasteiger partial charge < -0.3 is 18.9 Å². The van der Waals surface area contributed by atoms with Crippen LogP contribution in [0.15, 0.2) is 60.8 Å². The van der Waals surface area contributed by atoms with Crippen LogP contribution in [0.25, 0.3) is 0 Å². The number of quaternary nitrogens is 1. The van der Waals surface area contributed by atoms with Gasteiger partial charge in [0.2, 0.25) is 0 Å². The summed E-state index contributed by atoms with van der Waals surface area (Å²) in [5.74, 6) is -0.320. The van der Waals surface area contributed by atoms with Crippen molar-refractivity contribution < 1.29 is 37.3 Å². The molecule has 8 nitrogen and oxygen atoms in total. The van der Waals surface area contributed by atoms with Crippen LogP contribution in [0.2, 0.25) is 0 Å². The zero-order chi connectivity index (χ0) is 42.0. The van der Waals surface area contributed by atoms with Gasteiger partial charge in [0.05, 0.1) is 34.4 Å². The van der Waals surface area contributed by atoms with E-state index >= 15 is 0 Å². The van der Waals surface area contributed by atoms with Crippen molar-refractivity contribution in [3.05, 3.63) is 60.8 Å². The molecule has 0 saturated carbocycles. The van der Waals surface area contributed by atoms with Gasteiger partial charge in [-0.05, 0) is 57.8 Å². The van der Waals surface area contributed by atoms with Gasteiger partial charge in [-0.15, -0.1) is 0 Å². The molecule has 1 N–H and O–H groups in total. The number of ether oxygens (including phenoxy) is 2. The number of phosphoric ester groups is 1. The Morgan fingerprint density at radius 3 is 1.53 bits per heavy atom. The van der Waals surface area contributed by atoms with Crippen LogP contribution < -0.4 is 0 Å². The summed E-state index contributed by atoms with van der Waals surface area (Å²) >= 11 is 0. The second kappa shape index (κ2) is 41.0. The number of carbonyl (C=O) groups is 1. The smallest absolute Gasteiger partial charge is 0.457 e. The zero-order valence-electron chi connectivity index (χ0n) is 37.6. The third-order valence-electron chi connectivity index (χ3n) is 9.59. The van der Waals surface area contributed by atoms with E-state index in [1.807, 2.05) is 21.1 Å². The Hall–Kier alpha value is -1.80. The zero-order valence-corrected chi connectivity index (χ0v) is 38.5. The number of phosphoric acid groups is 1. The summed E-state index contributed by atoms with van der Waals surface area (Å²) in [6.07, 6.45) is 51.1. The fraction of sp³-hybridized carbons (Fsp3) is 0.771. The maximum atomic E-state index is 12.7. The minimum absolute atomic E-state index is 0.0855. The van der Waals surface area contributed by atoms with Gasteiger partial charge in [0.1, 0.15) is 19.3 Å². The number of nitrogens with zero attached hydrogens (tertiary/aromatic N) is 1. The fourth-order valence-corrected chi connectivity index (χ4v) is 6.79. The summed E-state index contributed by atoms with van der Waals surface area (Å²) in [4.78, 5) is 22.9. The van der Waals surface area contributed by atoms with Crippen LogP contribution in [-0.4, -0.2) is 75.6 Å². The van der Waals surface area contributed by atoms with Gasteiger partial charge in [0, 0.05) is 13.0 Å². The molecule has 0 fully saturated rings. The minimum atomic E-state index is -4.28. The number of hydrogen-bond acceptors (Lipinski definition) is 6. The van der Waals surface area contributed by atoms with Crippen LogP contribution in [-0.2, 0) is 27.9 Å².